The van der Waals surface area contributed by atoms with Crippen molar-refractivity contribution in [3.63, 3.8) is 0 Å². The van der Waals surface area contributed by atoms with Crippen LogP contribution in [0.25, 0.3) is 0 Å². The lowest BCUT2D eigenvalue weighted by Gasteiger charge is -2.06. The first-order valence-corrected chi connectivity index (χ1v) is 7.97. The van der Waals surface area contributed by atoms with Crippen molar-refractivity contribution in [1.29, 1.82) is 0 Å². The molecule has 2 rings (SSSR count). The highest BCUT2D eigenvalue weighted by Gasteiger charge is 2.02. The predicted octanol–water partition coefficient (Wildman–Crippen LogP) is 3.48. The van der Waals surface area contributed by atoms with Crippen LogP contribution in [0.1, 0.15) is 16.7 Å². The van der Waals surface area contributed by atoms with E-state index >= 15 is 0 Å². The SMILES string of the molecule is Cc1ccc(CSCC(=O)NOCc2ccccc2)cc1. The highest BCUT2D eigenvalue weighted by molar-refractivity contribution is 7.99. The Balaban J connectivity index is 1.60. The molecular weight excluding hydrogens is 282 g/mol. The number of amides is 1. The van der Waals surface area contributed by atoms with Crippen molar-refractivity contribution in [2.75, 3.05) is 5.75 Å². The molecule has 0 fully saturated rings. The minimum Gasteiger partial charge on any atom is -0.272 e. The average Bonchev–Trinajstić information content (AvgIpc) is 2.50. The molecule has 0 spiro atoms. The Morgan fingerprint density at radius 2 is 1.76 bits per heavy atom. The molecule has 3 nitrogen and oxygen atoms in total. The summed E-state index contributed by atoms with van der Waals surface area (Å²) in [6.07, 6.45) is 0. The summed E-state index contributed by atoms with van der Waals surface area (Å²) in [6, 6.07) is 18.1. The molecule has 0 heterocycles. The van der Waals surface area contributed by atoms with Crippen LogP contribution < -0.4 is 5.48 Å². The zero-order valence-corrected chi connectivity index (χ0v) is 12.9. The van der Waals surface area contributed by atoms with Crippen molar-refractivity contribution in [3.05, 3.63) is 71.3 Å². The van der Waals surface area contributed by atoms with E-state index in [1.807, 2.05) is 30.3 Å². The summed E-state index contributed by atoms with van der Waals surface area (Å²) in [7, 11) is 0. The molecule has 0 atom stereocenters. The van der Waals surface area contributed by atoms with Crippen molar-refractivity contribution >= 4 is 17.7 Å². The first kappa shape index (κ1) is 15.6. The lowest BCUT2D eigenvalue weighted by atomic mass is 10.2. The minimum absolute atomic E-state index is 0.108. The van der Waals surface area contributed by atoms with Crippen LogP contribution in [0, 0.1) is 6.92 Å². The number of aryl methyl sites for hydroxylation is 1. The second-order valence-corrected chi connectivity index (χ2v) is 5.76. The van der Waals surface area contributed by atoms with Crippen LogP contribution in [-0.2, 0) is 22.0 Å². The number of carbonyl (C=O) groups excluding carboxylic acids is 1. The molecule has 0 bridgehead atoms. The number of benzene rings is 2. The van der Waals surface area contributed by atoms with Crippen molar-refractivity contribution in [2.24, 2.45) is 0 Å². The Hall–Kier alpha value is -1.78. The zero-order valence-electron chi connectivity index (χ0n) is 12.0. The summed E-state index contributed by atoms with van der Waals surface area (Å²) in [6.45, 7) is 2.45. The van der Waals surface area contributed by atoms with Gasteiger partial charge in [0.25, 0.3) is 5.91 Å². The Morgan fingerprint density at radius 3 is 2.48 bits per heavy atom. The van der Waals surface area contributed by atoms with Crippen molar-refractivity contribution in [3.8, 4) is 0 Å². The van der Waals surface area contributed by atoms with Crippen LogP contribution in [0.4, 0.5) is 0 Å². The third-order valence-corrected chi connectivity index (χ3v) is 3.89. The molecular formula is C17H19NO2S. The first-order valence-electron chi connectivity index (χ1n) is 6.82. The summed E-state index contributed by atoms with van der Waals surface area (Å²) in [5.74, 6) is 1.11. The Kier molecular flexibility index (Phi) is 6.31. The average molecular weight is 301 g/mol. The van der Waals surface area contributed by atoms with E-state index in [9.17, 15) is 4.79 Å². The van der Waals surface area contributed by atoms with Crippen LogP contribution in [-0.4, -0.2) is 11.7 Å². The van der Waals surface area contributed by atoms with E-state index in [0.29, 0.717) is 12.4 Å². The highest BCUT2D eigenvalue weighted by Crippen LogP contribution is 2.12. The lowest BCUT2D eigenvalue weighted by molar-refractivity contribution is -0.131. The van der Waals surface area contributed by atoms with Crippen LogP contribution in [0.3, 0.4) is 0 Å². The molecule has 0 aromatic heterocycles. The molecule has 0 radical (unpaired) electrons. The van der Waals surface area contributed by atoms with Gasteiger partial charge in [-0.25, -0.2) is 5.48 Å². The number of hydroxylamine groups is 1. The fraction of sp³-hybridized carbons (Fsp3) is 0.235. The van der Waals surface area contributed by atoms with Crippen molar-refractivity contribution in [2.45, 2.75) is 19.3 Å². The fourth-order valence-electron chi connectivity index (χ4n) is 1.75. The molecule has 0 aliphatic carbocycles. The number of rotatable bonds is 7. The molecule has 0 aliphatic heterocycles. The number of nitrogens with one attached hydrogen (secondary N) is 1. The predicted molar refractivity (Wildman–Crippen MR) is 86.7 cm³/mol. The quantitative estimate of drug-likeness (QED) is 0.796. The van der Waals surface area contributed by atoms with Gasteiger partial charge < -0.3 is 0 Å². The van der Waals surface area contributed by atoms with Gasteiger partial charge in [0.05, 0.1) is 12.4 Å². The van der Waals surface area contributed by atoms with Gasteiger partial charge in [0.1, 0.15) is 0 Å². The van der Waals surface area contributed by atoms with E-state index in [1.54, 1.807) is 11.8 Å². The second kappa shape index (κ2) is 8.49. The second-order valence-electron chi connectivity index (χ2n) is 4.78. The van der Waals surface area contributed by atoms with E-state index in [4.69, 9.17) is 4.84 Å². The van der Waals surface area contributed by atoms with Gasteiger partial charge in [0.15, 0.2) is 0 Å². The van der Waals surface area contributed by atoms with Crippen molar-refractivity contribution < 1.29 is 9.63 Å². The van der Waals surface area contributed by atoms with Gasteiger partial charge in [-0.2, -0.15) is 0 Å². The molecule has 0 saturated carbocycles. The molecule has 2 aromatic rings. The van der Waals surface area contributed by atoms with Crippen LogP contribution in [0.5, 0.6) is 0 Å². The van der Waals surface area contributed by atoms with Gasteiger partial charge in [0.2, 0.25) is 0 Å². The van der Waals surface area contributed by atoms with Crippen LogP contribution in [0.15, 0.2) is 54.6 Å². The smallest absolute Gasteiger partial charge is 0.253 e. The number of hydrogen-bond donors (Lipinski definition) is 1. The van der Waals surface area contributed by atoms with Gasteiger partial charge in [-0.3, -0.25) is 9.63 Å². The molecule has 21 heavy (non-hydrogen) atoms. The van der Waals surface area contributed by atoms with E-state index in [-0.39, 0.29) is 5.91 Å². The Bertz CT molecular complexity index is 555. The monoisotopic (exact) mass is 301 g/mol. The molecule has 1 N–H and O–H groups in total. The molecule has 2 aromatic carbocycles. The molecule has 0 aliphatic rings. The van der Waals surface area contributed by atoms with Crippen LogP contribution in [0.2, 0.25) is 0 Å². The topological polar surface area (TPSA) is 38.3 Å². The standard InChI is InChI=1S/C17H19NO2S/c1-14-7-9-16(10-8-14)12-21-13-17(19)18-20-11-15-5-3-2-4-6-15/h2-10H,11-13H2,1H3,(H,18,19). The highest BCUT2D eigenvalue weighted by atomic mass is 32.2. The molecule has 110 valence electrons. The summed E-state index contributed by atoms with van der Waals surface area (Å²) < 4.78 is 0. The normalized spacial score (nSPS) is 10.3. The van der Waals surface area contributed by atoms with Gasteiger partial charge >= 0.3 is 0 Å². The number of hydrogen-bond acceptors (Lipinski definition) is 3. The van der Waals surface area contributed by atoms with Gasteiger partial charge in [-0.15, -0.1) is 11.8 Å². The van der Waals surface area contributed by atoms with Gasteiger partial charge in [0, 0.05) is 5.75 Å². The molecule has 4 heteroatoms. The van der Waals surface area contributed by atoms with E-state index in [1.165, 1.54) is 11.1 Å². The van der Waals surface area contributed by atoms with Crippen LogP contribution >= 0.6 is 11.8 Å². The largest absolute Gasteiger partial charge is 0.272 e. The van der Waals surface area contributed by atoms with E-state index in [2.05, 4.69) is 36.7 Å². The van der Waals surface area contributed by atoms with Gasteiger partial charge in [-0.1, -0.05) is 60.2 Å². The summed E-state index contributed by atoms with van der Waals surface area (Å²) in [4.78, 5) is 16.8. The summed E-state index contributed by atoms with van der Waals surface area (Å²) >= 11 is 1.57. The fourth-order valence-corrected chi connectivity index (χ4v) is 2.52. The maximum absolute atomic E-state index is 11.6. The first-order chi connectivity index (χ1) is 10.2. The molecule has 0 saturated heterocycles. The van der Waals surface area contributed by atoms with Gasteiger partial charge in [-0.05, 0) is 18.1 Å². The zero-order chi connectivity index (χ0) is 14.9. The Labute approximate surface area is 129 Å². The maximum Gasteiger partial charge on any atom is 0.253 e. The third kappa shape index (κ3) is 6.02. The summed E-state index contributed by atoms with van der Waals surface area (Å²) in [5.41, 5.74) is 5.97. The maximum atomic E-state index is 11.6. The van der Waals surface area contributed by atoms with E-state index in [0.717, 1.165) is 11.3 Å². The van der Waals surface area contributed by atoms with E-state index < -0.39 is 0 Å². The molecule has 0 unspecified atom stereocenters. The van der Waals surface area contributed by atoms with Crippen molar-refractivity contribution in [1.82, 2.24) is 5.48 Å². The summed E-state index contributed by atoms with van der Waals surface area (Å²) in [5, 5.41) is 0. The number of thioether (sulfide) groups is 1. The Morgan fingerprint density at radius 1 is 1.05 bits per heavy atom. The molecule has 1 amide bonds. The lowest BCUT2D eigenvalue weighted by Crippen LogP contribution is -2.25. The minimum atomic E-state index is -0.108. The third-order valence-electron chi connectivity index (χ3n) is 2.89. The number of carbonyl (C=O) groups is 1.